The monoisotopic (exact) mass is 327 g/mol. The van der Waals surface area contributed by atoms with Crippen LogP contribution in [0, 0.1) is 30.6 Å². The lowest BCUT2D eigenvalue weighted by molar-refractivity contribution is -0.125. The van der Waals surface area contributed by atoms with Crippen molar-refractivity contribution in [2.75, 3.05) is 6.61 Å². The third-order valence-electron chi connectivity index (χ3n) is 6.36. The molecule has 0 spiro atoms. The molecule has 1 aromatic carbocycles. The Kier molecular flexibility index (Phi) is 4.51. The summed E-state index contributed by atoms with van der Waals surface area (Å²) in [6, 6.07) is 8.54. The maximum Gasteiger partial charge on any atom is 0.220 e. The van der Waals surface area contributed by atoms with E-state index in [1.54, 1.807) is 0 Å². The van der Waals surface area contributed by atoms with Gasteiger partial charge < -0.3 is 10.1 Å². The van der Waals surface area contributed by atoms with Crippen molar-refractivity contribution in [3.63, 3.8) is 0 Å². The third kappa shape index (κ3) is 3.45. The van der Waals surface area contributed by atoms with E-state index in [1.807, 2.05) is 18.2 Å². The first-order valence-electron chi connectivity index (χ1n) is 9.66. The van der Waals surface area contributed by atoms with Gasteiger partial charge in [-0.15, -0.1) is 0 Å². The predicted molar refractivity (Wildman–Crippen MR) is 94.9 cm³/mol. The molecule has 24 heavy (non-hydrogen) atoms. The molecule has 130 valence electrons. The molecule has 5 rings (SSSR count). The Morgan fingerprint density at radius 1 is 1.12 bits per heavy atom. The number of rotatable bonds is 6. The highest BCUT2D eigenvalue weighted by atomic mass is 16.5. The van der Waals surface area contributed by atoms with Gasteiger partial charge in [0, 0.05) is 12.5 Å². The van der Waals surface area contributed by atoms with Crippen LogP contribution in [0.5, 0.6) is 5.75 Å². The van der Waals surface area contributed by atoms with Gasteiger partial charge in [0.2, 0.25) is 5.91 Å². The van der Waals surface area contributed by atoms with Gasteiger partial charge in [-0.1, -0.05) is 12.1 Å². The normalized spacial score (nSPS) is 33.5. The van der Waals surface area contributed by atoms with Crippen LogP contribution in [-0.4, -0.2) is 18.6 Å². The van der Waals surface area contributed by atoms with Gasteiger partial charge in [0.15, 0.2) is 0 Å². The van der Waals surface area contributed by atoms with Crippen LogP contribution in [0.2, 0.25) is 0 Å². The molecule has 0 radical (unpaired) electrons. The van der Waals surface area contributed by atoms with Crippen LogP contribution >= 0.6 is 0 Å². The Labute approximate surface area is 145 Å². The van der Waals surface area contributed by atoms with E-state index in [0.29, 0.717) is 19.1 Å². The van der Waals surface area contributed by atoms with E-state index in [9.17, 15) is 4.79 Å². The summed E-state index contributed by atoms with van der Waals surface area (Å²) < 4.78 is 5.74. The van der Waals surface area contributed by atoms with Gasteiger partial charge in [0.1, 0.15) is 5.75 Å². The van der Waals surface area contributed by atoms with Crippen LogP contribution in [-0.2, 0) is 4.79 Å². The van der Waals surface area contributed by atoms with Crippen molar-refractivity contribution in [3.05, 3.63) is 29.8 Å². The fraction of sp³-hybridized carbons (Fsp3) is 0.667. The first kappa shape index (κ1) is 16.0. The molecule has 4 aliphatic rings. The molecule has 0 heterocycles. The molecule has 0 aliphatic heterocycles. The predicted octanol–water partition coefficient (Wildman–Crippen LogP) is 4.09. The number of nitrogens with one attached hydrogen (secondary N) is 1. The van der Waals surface area contributed by atoms with Crippen molar-refractivity contribution in [2.45, 2.75) is 57.9 Å². The highest BCUT2D eigenvalue weighted by Crippen LogP contribution is 2.53. The first-order valence-corrected chi connectivity index (χ1v) is 9.66. The Hall–Kier alpha value is -1.51. The number of hydrogen-bond acceptors (Lipinski definition) is 2. The summed E-state index contributed by atoms with van der Waals surface area (Å²) in [6.07, 6.45) is 8.25. The number of ether oxygens (including phenoxy) is 1. The smallest absolute Gasteiger partial charge is 0.220 e. The molecular weight excluding hydrogens is 298 g/mol. The molecule has 3 heteroatoms. The zero-order chi connectivity index (χ0) is 16.5. The lowest BCUT2D eigenvalue weighted by Gasteiger charge is -2.54. The van der Waals surface area contributed by atoms with E-state index < -0.39 is 0 Å². The molecular formula is C21H29NO2. The Balaban J connectivity index is 1.20. The second kappa shape index (κ2) is 6.78. The Bertz CT molecular complexity index is 569. The van der Waals surface area contributed by atoms with Crippen LogP contribution < -0.4 is 10.1 Å². The van der Waals surface area contributed by atoms with Crippen LogP contribution in [0.15, 0.2) is 24.3 Å². The van der Waals surface area contributed by atoms with Gasteiger partial charge in [-0.05, 0) is 86.8 Å². The number of aryl methyl sites for hydroxylation is 1. The minimum absolute atomic E-state index is 0.223. The quantitative estimate of drug-likeness (QED) is 0.799. The maximum absolute atomic E-state index is 12.3. The molecule has 4 saturated carbocycles. The summed E-state index contributed by atoms with van der Waals surface area (Å²) in [5.41, 5.74) is 1.20. The van der Waals surface area contributed by atoms with E-state index in [-0.39, 0.29) is 5.91 Å². The molecule has 0 aromatic heterocycles. The highest BCUT2D eigenvalue weighted by Gasteiger charge is 2.48. The number of hydrogen-bond donors (Lipinski definition) is 1. The average molecular weight is 327 g/mol. The van der Waals surface area contributed by atoms with Gasteiger partial charge in [-0.25, -0.2) is 0 Å². The second-order valence-electron chi connectivity index (χ2n) is 8.29. The van der Waals surface area contributed by atoms with Crippen molar-refractivity contribution in [1.29, 1.82) is 0 Å². The van der Waals surface area contributed by atoms with Crippen molar-refractivity contribution < 1.29 is 9.53 Å². The van der Waals surface area contributed by atoms with Crippen molar-refractivity contribution in [3.8, 4) is 5.75 Å². The van der Waals surface area contributed by atoms with Crippen molar-refractivity contribution in [1.82, 2.24) is 5.32 Å². The van der Waals surface area contributed by atoms with E-state index in [1.165, 1.54) is 37.7 Å². The van der Waals surface area contributed by atoms with Crippen LogP contribution in [0.4, 0.5) is 0 Å². The summed E-state index contributed by atoms with van der Waals surface area (Å²) in [7, 11) is 0. The summed E-state index contributed by atoms with van der Waals surface area (Å²) in [4.78, 5) is 12.3. The van der Waals surface area contributed by atoms with Crippen LogP contribution in [0.1, 0.15) is 50.5 Å². The average Bonchev–Trinajstić information content (AvgIpc) is 2.54. The fourth-order valence-corrected chi connectivity index (χ4v) is 5.55. The van der Waals surface area contributed by atoms with Gasteiger partial charge in [0.25, 0.3) is 0 Å². The molecule has 4 fully saturated rings. The van der Waals surface area contributed by atoms with Crippen molar-refractivity contribution >= 4 is 5.91 Å². The second-order valence-corrected chi connectivity index (χ2v) is 8.29. The topological polar surface area (TPSA) is 38.3 Å². The molecule has 0 unspecified atom stereocenters. The SMILES string of the molecule is Cc1cccc(OCCCC(=O)NC2C3CC4CC(C3)CC2C4)c1. The summed E-state index contributed by atoms with van der Waals surface area (Å²) in [6.45, 7) is 2.67. The minimum atomic E-state index is 0.223. The van der Waals surface area contributed by atoms with E-state index in [0.717, 1.165) is 35.8 Å². The summed E-state index contributed by atoms with van der Waals surface area (Å²) in [5.74, 6) is 4.56. The molecule has 1 amide bonds. The van der Waals surface area contributed by atoms with E-state index >= 15 is 0 Å². The van der Waals surface area contributed by atoms with Gasteiger partial charge >= 0.3 is 0 Å². The summed E-state index contributed by atoms with van der Waals surface area (Å²) >= 11 is 0. The first-order chi connectivity index (χ1) is 11.7. The molecule has 4 aliphatic carbocycles. The Morgan fingerprint density at radius 3 is 2.50 bits per heavy atom. The largest absolute Gasteiger partial charge is 0.494 e. The number of amides is 1. The summed E-state index contributed by atoms with van der Waals surface area (Å²) in [5, 5.41) is 3.38. The van der Waals surface area contributed by atoms with Gasteiger partial charge in [0.05, 0.1) is 6.61 Å². The molecule has 0 saturated heterocycles. The van der Waals surface area contributed by atoms with Crippen LogP contribution in [0.3, 0.4) is 0 Å². The number of carbonyl (C=O) groups is 1. The lowest BCUT2D eigenvalue weighted by atomic mass is 9.54. The standard InChI is InChI=1S/C21H29NO2/c1-14-4-2-5-19(8-14)24-7-3-6-20(23)22-21-17-10-15-9-16(12-17)13-18(21)11-15/h2,4-5,8,15-18,21H,3,6-7,9-13H2,1H3,(H,22,23). The molecule has 1 aromatic rings. The van der Waals surface area contributed by atoms with Gasteiger partial charge in [-0.2, -0.15) is 0 Å². The molecule has 4 bridgehead atoms. The van der Waals surface area contributed by atoms with E-state index in [2.05, 4.69) is 18.3 Å². The molecule has 1 N–H and O–H groups in total. The number of benzene rings is 1. The highest BCUT2D eigenvalue weighted by molar-refractivity contribution is 5.76. The van der Waals surface area contributed by atoms with E-state index in [4.69, 9.17) is 4.74 Å². The maximum atomic E-state index is 12.3. The zero-order valence-corrected chi connectivity index (χ0v) is 14.7. The molecule has 3 nitrogen and oxygen atoms in total. The minimum Gasteiger partial charge on any atom is -0.494 e. The molecule has 0 atom stereocenters. The lowest BCUT2D eigenvalue weighted by Crippen LogP contribution is -2.55. The third-order valence-corrected chi connectivity index (χ3v) is 6.36. The Morgan fingerprint density at radius 2 is 1.83 bits per heavy atom. The van der Waals surface area contributed by atoms with Crippen molar-refractivity contribution in [2.24, 2.45) is 23.7 Å². The van der Waals surface area contributed by atoms with Crippen LogP contribution in [0.25, 0.3) is 0 Å². The van der Waals surface area contributed by atoms with Gasteiger partial charge in [-0.3, -0.25) is 4.79 Å². The fourth-order valence-electron chi connectivity index (χ4n) is 5.55. The zero-order valence-electron chi connectivity index (χ0n) is 14.7. The number of carbonyl (C=O) groups excluding carboxylic acids is 1.